The molecule has 0 fully saturated rings. The molecule has 0 spiro atoms. The maximum Gasteiger partial charge on any atom is 0.0714 e. The average molecular weight is 827 g/mol. The Kier molecular flexibility index (Phi) is 9.19. The SMILES string of the molecule is [2H]c1c([2H])c(N(c2ccc(C(=C)/C=C\C(=C)C(=C)/C=C\C=C)cc2)c2c([2H])c([2H])c3c(c2[2H])C(/C(C=C)=C/C=C)(c2ccccc2)c2ccccc2-3)c([2H])c([2H])c1-c1cc2ccccc2c2ccccc12. The van der Waals surface area contributed by atoms with Crippen LogP contribution < -0.4 is 4.90 Å². The summed E-state index contributed by atoms with van der Waals surface area (Å²) in [5, 5.41) is 3.55. The van der Waals surface area contributed by atoms with Crippen LogP contribution in [0, 0.1) is 0 Å². The van der Waals surface area contributed by atoms with Gasteiger partial charge < -0.3 is 4.90 Å². The molecule has 8 aromatic rings. The van der Waals surface area contributed by atoms with Gasteiger partial charge in [0, 0.05) is 17.1 Å². The number of benzene rings is 8. The molecule has 0 aromatic heterocycles. The molecule has 1 aliphatic rings. The molecule has 9 rings (SSSR count). The minimum Gasteiger partial charge on any atom is -0.310 e. The number of hydrogen-bond donors (Lipinski definition) is 0. The minimum absolute atomic E-state index is 0.0950. The molecule has 0 saturated heterocycles. The second-order valence-corrected chi connectivity index (χ2v) is 15.5. The summed E-state index contributed by atoms with van der Waals surface area (Å²) in [7, 11) is 0. The largest absolute Gasteiger partial charge is 0.310 e. The fourth-order valence-electron chi connectivity index (χ4n) is 8.79. The van der Waals surface area contributed by atoms with Crippen molar-refractivity contribution >= 4 is 44.2 Å². The quantitative estimate of drug-likeness (QED) is 0.0780. The molecule has 0 aliphatic heterocycles. The van der Waals surface area contributed by atoms with E-state index in [1.54, 1.807) is 36.4 Å². The highest BCUT2D eigenvalue weighted by atomic mass is 15.1. The van der Waals surface area contributed by atoms with Crippen LogP contribution in [0.2, 0.25) is 0 Å². The van der Waals surface area contributed by atoms with E-state index in [-0.39, 0.29) is 59.2 Å². The first-order valence-corrected chi connectivity index (χ1v) is 21.0. The van der Waals surface area contributed by atoms with Gasteiger partial charge in [-0.05, 0) is 131 Å². The number of anilines is 3. The summed E-state index contributed by atoms with van der Waals surface area (Å²) in [6.45, 7) is 24.5. The molecule has 1 nitrogen and oxygen atoms in total. The third-order valence-electron chi connectivity index (χ3n) is 11.9. The number of rotatable bonds is 14. The van der Waals surface area contributed by atoms with Crippen LogP contribution in [0.15, 0.2) is 281 Å². The van der Waals surface area contributed by atoms with Gasteiger partial charge in [0.15, 0.2) is 0 Å². The van der Waals surface area contributed by atoms with Gasteiger partial charge in [0.25, 0.3) is 0 Å². The van der Waals surface area contributed by atoms with Crippen molar-refractivity contribution in [2.24, 2.45) is 0 Å². The molecule has 0 heterocycles. The summed E-state index contributed by atoms with van der Waals surface area (Å²) in [5.74, 6) is 0. The van der Waals surface area contributed by atoms with E-state index < -0.39 is 5.41 Å². The molecule has 0 bridgehead atoms. The molecule has 0 radical (unpaired) electrons. The van der Waals surface area contributed by atoms with Crippen LogP contribution in [0.4, 0.5) is 17.1 Å². The molecule has 1 unspecified atom stereocenters. The molecule has 0 amide bonds. The second kappa shape index (κ2) is 17.6. The molecular weight excluding hydrogens is 771 g/mol. The van der Waals surface area contributed by atoms with E-state index >= 15 is 0 Å². The molecule has 0 N–H and O–H groups in total. The van der Waals surface area contributed by atoms with Crippen molar-refractivity contribution in [3.63, 3.8) is 0 Å². The van der Waals surface area contributed by atoms with Gasteiger partial charge in [-0.1, -0.05) is 221 Å². The lowest BCUT2D eigenvalue weighted by molar-refractivity contribution is 0.767. The van der Waals surface area contributed by atoms with E-state index in [2.05, 4.69) is 39.5 Å². The van der Waals surface area contributed by atoms with Crippen LogP contribution in [-0.4, -0.2) is 0 Å². The van der Waals surface area contributed by atoms with Crippen molar-refractivity contribution in [2.45, 2.75) is 5.41 Å². The topological polar surface area (TPSA) is 3.24 Å². The summed E-state index contributed by atoms with van der Waals surface area (Å²) in [5.41, 5.74) is 5.98. The Balaban J connectivity index is 1.34. The maximum atomic E-state index is 10.6. The van der Waals surface area contributed by atoms with Gasteiger partial charge in [-0.25, -0.2) is 0 Å². The van der Waals surface area contributed by atoms with Crippen molar-refractivity contribution in [1.29, 1.82) is 0 Å². The average Bonchev–Trinajstić information content (AvgIpc) is 3.71. The van der Waals surface area contributed by atoms with Crippen molar-refractivity contribution in [2.75, 3.05) is 4.90 Å². The molecule has 1 heteroatoms. The number of nitrogens with zero attached hydrogens (tertiary/aromatic N) is 1. The van der Waals surface area contributed by atoms with E-state index in [0.717, 1.165) is 38.2 Å². The van der Waals surface area contributed by atoms with Crippen molar-refractivity contribution in [1.82, 2.24) is 0 Å². The highest BCUT2D eigenvalue weighted by Gasteiger charge is 2.46. The fourth-order valence-corrected chi connectivity index (χ4v) is 8.79. The van der Waals surface area contributed by atoms with E-state index in [0.29, 0.717) is 50.2 Å². The lowest BCUT2D eigenvalue weighted by atomic mass is 9.67. The normalized spacial score (nSPS) is 15.9. The Morgan fingerprint density at radius 2 is 1.19 bits per heavy atom. The van der Waals surface area contributed by atoms with Crippen LogP contribution >= 0.6 is 0 Å². The van der Waals surface area contributed by atoms with Gasteiger partial charge >= 0.3 is 0 Å². The van der Waals surface area contributed by atoms with Crippen molar-refractivity contribution < 1.29 is 9.60 Å². The van der Waals surface area contributed by atoms with Crippen molar-refractivity contribution in [3.8, 4) is 22.3 Å². The smallest absolute Gasteiger partial charge is 0.0714 e. The summed E-state index contributed by atoms with van der Waals surface area (Å²) < 4.78 is 69.9. The first-order valence-electron chi connectivity index (χ1n) is 24.5. The predicted octanol–water partition coefficient (Wildman–Crippen LogP) is 17.2. The summed E-state index contributed by atoms with van der Waals surface area (Å²) in [6, 6.07) is 40.0. The first kappa shape index (κ1) is 33.4. The Morgan fingerprint density at radius 1 is 0.531 bits per heavy atom. The first-order chi connectivity index (χ1) is 34.3. The number of fused-ring (bicyclic) bond motifs is 6. The molecule has 306 valence electrons. The summed E-state index contributed by atoms with van der Waals surface area (Å²) in [6.07, 6.45) is 14.1. The highest BCUT2D eigenvalue weighted by molar-refractivity contribution is 6.13. The Bertz CT molecular complexity index is 3640. The van der Waals surface area contributed by atoms with Gasteiger partial charge in [-0.2, -0.15) is 0 Å². The monoisotopic (exact) mass is 826 g/mol. The summed E-state index contributed by atoms with van der Waals surface area (Å²) in [4.78, 5) is 1.45. The zero-order valence-electron chi connectivity index (χ0n) is 42.5. The standard InChI is InChI=1S/C63H49N/c1-7-10-21-44(4)45(5)30-31-46(6)47-32-36-52(37-33-47)64(53-38-34-48(35-39-53)60-42-49-22-14-15-25-55(49)56-26-16-17-27-57(56)60)54-40-41-59-58-28-18-19-29-61(58)63(62(59)43-54,50(9-3)20-8-2)51-23-12-11-13-24-51/h7-43H,1-6H2/b21-10-,31-30-,50-20+/i34D,35D,38D,39D,40D,41D,43D. The van der Waals surface area contributed by atoms with Crippen LogP contribution in [0.5, 0.6) is 0 Å². The van der Waals surface area contributed by atoms with Gasteiger partial charge in [0.1, 0.15) is 0 Å². The van der Waals surface area contributed by atoms with E-state index in [4.69, 9.17) is 0 Å². The van der Waals surface area contributed by atoms with Crippen LogP contribution in [0.25, 0.3) is 49.4 Å². The Labute approximate surface area is 387 Å². The molecule has 1 aliphatic carbocycles. The lowest BCUT2D eigenvalue weighted by Crippen LogP contribution is -2.29. The third kappa shape index (κ3) is 7.23. The van der Waals surface area contributed by atoms with E-state index in [1.807, 2.05) is 146 Å². The van der Waals surface area contributed by atoms with Crippen LogP contribution in [-0.2, 0) is 5.41 Å². The van der Waals surface area contributed by atoms with Crippen LogP contribution in [0.1, 0.15) is 31.8 Å². The Morgan fingerprint density at radius 3 is 1.92 bits per heavy atom. The molecule has 0 saturated carbocycles. The zero-order chi connectivity index (χ0) is 50.3. The molecule has 8 aromatic carbocycles. The van der Waals surface area contributed by atoms with Gasteiger partial charge in [-0.3, -0.25) is 0 Å². The summed E-state index contributed by atoms with van der Waals surface area (Å²) >= 11 is 0. The van der Waals surface area contributed by atoms with Crippen LogP contribution in [0.3, 0.4) is 0 Å². The predicted molar refractivity (Wildman–Crippen MR) is 278 cm³/mol. The van der Waals surface area contributed by atoms with Gasteiger partial charge in [0.05, 0.1) is 15.0 Å². The number of hydrogen-bond acceptors (Lipinski definition) is 1. The molecular formula is C63H49N. The lowest BCUT2D eigenvalue weighted by Gasteiger charge is -2.35. The molecule has 64 heavy (non-hydrogen) atoms. The highest BCUT2D eigenvalue weighted by Crippen LogP contribution is 2.57. The number of allylic oxidation sites excluding steroid dienone is 12. The van der Waals surface area contributed by atoms with Crippen molar-refractivity contribution in [3.05, 3.63) is 303 Å². The third-order valence-corrected chi connectivity index (χ3v) is 11.9. The van der Waals surface area contributed by atoms with Gasteiger partial charge in [-0.15, -0.1) is 0 Å². The molecule has 1 atom stereocenters. The van der Waals surface area contributed by atoms with E-state index in [9.17, 15) is 9.60 Å². The fraction of sp³-hybridized carbons (Fsp3) is 0.0159. The zero-order valence-corrected chi connectivity index (χ0v) is 35.5. The minimum atomic E-state index is -1.23. The Hall–Kier alpha value is -8.26. The van der Waals surface area contributed by atoms with Gasteiger partial charge in [0.2, 0.25) is 0 Å². The van der Waals surface area contributed by atoms with E-state index in [1.165, 1.54) is 4.90 Å². The maximum absolute atomic E-state index is 10.6. The second-order valence-electron chi connectivity index (χ2n) is 15.5.